The maximum absolute atomic E-state index is 12.2. The molecule has 0 bridgehead atoms. The third kappa shape index (κ3) is 3.43. The summed E-state index contributed by atoms with van der Waals surface area (Å²) >= 11 is 0. The van der Waals surface area contributed by atoms with Crippen molar-refractivity contribution < 1.29 is 14.3 Å². The molecule has 124 valence electrons. The molecule has 0 spiro atoms. The minimum Gasteiger partial charge on any atom is -0.377 e. The Morgan fingerprint density at radius 2 is 1.86 bits per heavy atom. The third-order valence-corrected chi connectivity index (χ3v) is 5.44. The number of ether oxygens (including phenoxy) is 1. The predicted octanol–water partition coefficient (Wildman–Crippen LogP) is 0.210. The standard InChI is InChI=1S/C16H27N3O3/c1-18(12-2-3-12)14(20)10-19-7-4-11(5-8-19)15-13(16(17)21)6-9-22-15/h11-13,15H,2-10H2,1H3,(H2,17,21)/t13-,15+/m0/s1. The van der Waals surface area contributed by atoms with Crippen LogP contribution in [-0.4, -0.2) is 67.0 Å². The van der Waals surface area contributed by atoms with Crippen molar-refractivity contribution >= 4 is 11.8 Å². The second-order valence-electron chi connectivity index (χ2n) is 6.98. The van der Waals surface area contributed by atoms with Gasteiger partial charge in [-0.1, -0.05) is 0 Å². The molecule has 1 saturated carbocycles. The summed E-state index contributed by atoms with van der Waals surface area (Å²) in [6.07, 6.45) is 5.01. The largest absolute Gasteiger partial charge is 0.377 e. The molecular weight excluding hydrogens is 282 g/mol. The second-order valence-corrected chi connectivity index (χ2v) is 6.98. The summed E-state index contributed by atoms with van der Waals surface area (Å²) in [4.78, 5) is 27.8. The first-order valence-electron chi connectivity index (χ1n) is 8.45. The van der Waals surface area contributed by atoms with Gasteiger partial charge in [-0.2, -0.15) is 0 Å². The van der Waals surface area contributed by atoms with Crippen LogP contribution in [0.1, 0.15) is 32.1 Å². The number of hydrogen-bond donors (Lipinski definition) is 1. The van der Waals surface area contributed by atoms with Gasteiger partial charge in [-0.05, 0) is 51.1 Å². The first-order valence-corrected chi connectivity index (χ1v) is 8.45. The van der Waals surface area contributed by atoms with Gasteiger partial charge in [-0.3, -0.25) is 14.5 Å². The van der Waals surface area contributed by atoms with Crippen molar-refractivity contribution in [1.82, 2.24) is 9.80 Å². The molecule has 2 amide bonds. The number of hydrogen-bond acceptors (Lipinski definition) is 4. The van der Waals surface area contributed by atoms with Gasteiger partial charge >= 0.3 is 0 Å². The van der Waals surface area contributed by atoms with E-state index >= 15 is 0 Å². The molecule has 2 atom stereocenters. The highest BCUT2D eigenvalue weighted by Crippen LogP contribution is 2.33. The summed E-state index contributed by atoms with van der Waals surface area (Å²) in [7, 11) is 1.91. The Kier molecular flexibility index (Phi) is 4.68. The van der Waals surface area contributed by atoms with Gasteiger partial charge in [-0.15, -0.1) is 0 Å². The van der Waals surface area contributed by atoms with Crippen molar-refractivity contribution in [3.8, 4) is 0 Å². The predicted molar refractivity (Wildman–Crippen MR) is 82.0 cm³/mol. The molecule has 3 aliphatic rings. The molecule has 0 unspecified atom stereocenters. The fourth-order valence-electron chi connectivity index (χ4n) is 3.79. The molecule has 0 aromatic carbocycles. The molecule has 3 rings (SSSR count). The molecule has 0 aromatic heterocycles. The lowest BCUT2D eigenvalue weighted by Crippen LogP contribution is -2.45. The Hall–Kier alpha value is -1.14. The van der Waals surface area contributed by atoms with E-state index < -0.39 is 0 Å². The van der Waals surface area contributed by atoms with E-state index in [9.17, 15) is 9.59 Å². The van der Waals surface area contributed by atoms with Crippen molar-refractivity contribution in [2.45, 2.75) is 44.2 Å². The summed E-state index contributed by atoms with van der Waals surface area (Å²) in [5.41, 5.74) is 5.48. The van der Waals surface area contributed by atoms with Gasteiger partial charge in [0, 0.05) is 19.7 Å². The average molecular weight is 309 g/mol. The molecule has 3 fully saturated rings. The van der Waals surface area contributed by atoms with Crippen LogP contribution in [0, 0.1) is 11.8 Å². The van der Waals surface area contributed by atoms with Gasteiger partial charge in [0.25, 0.3) is 0 Å². The normalized spacial score (nSPS) is 30.4. The summed E-state index contributed by atoms with van der Waals surface area (Å²) in [5.74, 6) is 0.269. The molecule has 2 heterocycles. The number of nitrogens with two attached hydrogens (primary N) is 1. The van der Waals surface area contributed by atoms with Crippen molar-refractivity contribution in [2.24, 2.45) is 17.6 Å². The van der Waals surface area contributed by atoms with Crippen LogP contribution >= 0.6 is 0 Å². The molecule has 6 nitrogen and oxygen atoms in total. The summed E-state index contributed by atoms with van der Waals surface area (Å²) < 4.78 is 5.77. The van der Waals surface area contributed by atoms with Crippen LogP contribution in [-0.2, 0) is 14.3 Å². The Labute approximate surface area is 131 Å². The lowest BCUT2D eigenvalue weighted by molar-refractivity contribution is -0.132. The van der Waals surface area contributed by atoms with Crippen molar-refractivity contribution in [3.63, 3.8) is 0 Å². The molecular formula is C16H27N3O3. The number of likely N-dealkylation sites (N-methyl/N-ethyl adjacent to an activating group) is 1. The van der Waals surface area contributed by atoms with E-state index in [1.54, 1.807) is 0 Å². The van der Waals surface area contributed by atoms with Gasteiger partial charge in [0.15, 0.2) is 0 Å². The number of likely N-dealkylation sites (tertiary alicyclic amines) is 1. The second kappa shape index (κ2) is 6.54. The number of carbonyl (C=O) groups excluding carboxylic acids is 2. The highest BCUT2D eigenvalue weighted by Gasteiger charge is 2.39. The first-order chi connectivity index (χ1) is 10.6. The maximum Gasteiger partial charge on any atom is 0.236 e. The van der Waals surface area contributed by atoms with Crippen LogP contribution in [0.25, 0.3) is 0 Å². The molecule has 1 aliphatic carbocycles. The average Bonchev–Trinajstić information content (AvgIpc) is 3.23. The zero-order valence-corrected chi connectivity index (χ0v) is 13.4. The van der Waals surface area contributed by atoms with Crippen molar-refractivity contribution in [1.29, 1.82) is 0 Å². The van der Waals surface area contributed by atoms with E-state index in [1.165, 1.54) is 0 Å². The third-order valence-electron chi connectivity index (χ3n) is 5.44. The van der Waals surface area contributed by atoms with Crippen LogP contribution in [0.3, 0.4) is 0 Å². The number of amides is 2. The Balaban J connectivity index is 1.46. The highest BCUT2D eigenvalue weighted by atomic mass is 16.5. The number of nitrogens with zero attached hydrogens (tertiary/aromatic N) is 2. The fourth-order valence-corrected chi connectivity index (χ4v) is 3.79. The summed E-state index contributed by atoms with van der Waals surface area (Å²) in [6, 6.07) is 0.480. The zero-order chi connectivity index (χ0) is 15.7. The molecule has 2 N–H and O–H groups in total. The van der Waals surface area contributed by atoms with E-state index in [2.05, 4.69) is 4.90 Å². The highest BCUT2D eigenvalue weighted by molar-refractivity contribution is 5.78. The lowest BCUT2D eigenvalue weighted by Gasteiger charge is -2.35. The molecule has 2 aliphatic heterocycles. The van der Waals surface area contributed by atoms with Crippen LogP contribution in [0.15, 0.2) is 0 Å². The van der Waals surface area contributed by atoms with Gasteiger partial charge in [0.2, 0.25) is 11.8 Å². The van der Waals surface area contributed by atoms with Gasteiger partial charge in [0.05, 0.1) is 18.6 Å². The van der Waals surface area contributed by atoms with Crippen molar-refractivity contribution in [2.75, 3.05) is 33.3 Å². The number of rotatable bonds is 5. The molecule has 0 radical (unpaired) electrons. The van der Waals surface area contributed by atoms with E-state index in [0.717, 1.165) is 45.2 Å². The molecule has 22 heavy (non-hydrogen) atoms. The minimum absolute atomic E-state index is 0.00973. The summed E-state index contributed by atoms with van der Waals surface area (Å²) in [5, 5.41) is 0. The van der Waals surface area contributed by atoms with Gasteiger partial charge < -0.3 is 15.4 Å². The summed E-state index contributed by atoms with van der Waals surface area (Å²) in [6.45, 7) is 2.97. The van der Waals surface area contributed by atoms with Gasteiger partial charge in [-0.25, -0.2) is 0 Å². The quantitative estimate of drug-likeness (QED) is 0.788. The Morgan fingerprint density at radius 1 is 1.18 bits per heavy atom. The first kappa shape index (κ1) is 15.7. The SMILES string of the molecule is CN(C(=O)CN1CCC([C@H]2OCC[C@@H]2C(N)=O)CC1)C1CC1. The minimum atomic E-state index is -0.230. The Bertz CT molecular complexity index is 430. The smallest absolute Gasteiger partial charge is 0.236 e. The number of carbonyl (C=O) groups is 2. The van der Waals surface area contributed by atoms with E-state index in [0.29, 0.717) is 25.1 Å². The lowest BCUT2D eigenvalue weighted by atomic mass is 9.84. The van der Waals surface area contributed by atoms with Crippen molar-refractivity contribution in [3.05, 3.63) is 0 Å². The zero-order valence-electron chi connectivity index (χ0n) is 13.4. The molecule has 0 aromatic rings. The van der Waals surface area contributed by atoms with Crippen LogP contribution in [0.4, 0.5) is 0 Å². The van der Waals surface area contributed by atoms with Gasteiger partial charge in [0.1, 0.15) is 0 Å². The number of primary amides is 1. The molecule has 2 saturated heterocycles. The van der Waals surface area contributed by atoms with E-state index in [-0.39, 0.29) is 23.8 Å². The maximum atomic E-state index is 12.2. The molecule has 6 heteroatoms. The Morgan fingerprint density at radius 3 is 2.45 bits per heavy atom. The van der Waals surface area contributed by atoms with Crippen LogP contribution < -0.4 is 5.73 Å². The monoisotopic (exact) mass is 309 g/mol. The van der Waals surface area contributed by atoms with Crippen LogP contribution in [0.5, 0.6) is 0 Å². The van der Waals surface area contributed by atoms with Crippen LogP contribution in [0.2, 0.25) is 0 Å². The topological polar surface area (TPSA) is 75.9 Å². The van der Waals surface area contributed by atoms with E-state index in [4.69, 9.17) is 10.5 Å². The van der Waals surface area contributed by atoms with E-state index in [1.807, 2.05) is 11.9 Å². The number of piperidine rings is 1. The fraction of sp³-hybridized carbons (Fsp3) is 0.875.